The van der Waals surface area contributed by atoms with Gasteiger partial charge >= 0.3 is 0 Å². The van der Waals surface area contributed by atoms with Crippen LogP contribution < -0.4 is 0 Å². The maximum Gasteiger partial charge on any atom is 0.00172 e. The average molecular weight is 184 g/mol. The fourth-order valence-corrected chi connectivity index (χ4v) is 3.27. The van der Waals surface area contributed by atoms with Crippen molar-refractivity contribution in [2.24, 2.45) is 5.41 Å². The summed E-state index contributed by atoms with van der Waals surface area (Å²) in [4.78, 5) is 0. The molecule has 0 aromatic rings. The molecule has 70 valence electrons. The maximum atomic E-state index is 4.56. The molecule has 0 aliphatic heterocycles. The van der Waals surface area contributed by atoms with E-state index >= 15 is 0 Å². The van der Waals surface area contributed by atoms with Gasteiger partial charge in [0.25, 0.3) is 0 Å². The molecule has 0 aromatic heterocycles. The highest BCUT2D eigenvalue weighted by Crippen LogP contribution is 2.48. The SMILES string of the molecule is SC1CCC2(CCCCC2)CC1. The Morgan fingerprint density at radius 3 is 2.00 bits per heavy atom. The van der Waals surface area contributed by atoms with Gasteiger partial charge in [-0.2, -0.15) is 12.6 Å². The minimum Gasteiger partial charge on any atom is -0.176 e. The van der Waals surface area contributed by atoms with Gasteiger partial charge in [0.1, 0.15) is 0 Å². The van der Waals surface area contributed by atoms with Gasteiger partial charge in [0.2, 0.25) is 0 Å². The highest BCUT2D eigenvalue weighted by molar-refractivity contribution is 7.80. The molecule has 2 fully saturated rings. The zero-order chi connectivity index (χ0) is 8.44. The lowest BCUT2D eigenvalue weighted by Gasteiger charge is -2.42. The first kappa shape index (κ1) is 8.93. The fourth-order valence-electron chi connectivity index (χ4n) is 3.02. The molecule has 0 aromatic carbocycles. The van der Waals surface area contributed by atoms with Crippen LogP contribution in [0.5, 0.6) is 0 Å². The molecule has 0 amide bonds. The van der Waals surface area contributed by atoms with E-state index in [0.29, 0.717) is 0 Å². The standard InChI is InChI=1S/C11H20S/c12-10-4-8-11(9-5-10)6-2-1-3-7-11/h10,12H,1-9H2. The summed E-state index contributed by atoms with van der Waals surface area (Å²) in [5, 5.41) is 0.720. The third-order valence-corrected chi connectivity index (χ3v) is 4.45. The van der Waals surface area contributed by atoms with Gasteiger partial charge in [-0.25, -0.2) is 0 Å². The molecule has 0 heterocycles. The van der Waals surface area contributed by atoms with Crippen molar-refractivity contribution in [3.63, 3.8) is 0 Å². The van der Waals surface area contributed by atoms with Crippen molar-refractivity contribution in [1.82, 2.24) is 0 Å². The summed E-state index contributed by atoms with van der Waals surface area (Å²) in [6.45, 7) is 0. The molecule has 2 aliphatic rings. The van der Waals surface area contributed by atoms with E-state index in [-0.39, 0.29) is 0 Å². The van der Waals surface area contributed by atoms with Crippen LogP contribution in [0.4, 0.5) is 0 Å². The van der Waals surface area contributed by atoms with Gasteiger partial charge in [0.05, 0.1) is 0 Å². The van der Waals surface area contributed by atoms with Crippen LogP contribution in [0.2, 0.25) is 0 Å². The summed E-state index contributed by atoms with van der Waals surface area (Å²) >= 11 is 4.56. The molecular formula is C11H20S. The van der Waals surface area contributed by atoms with Crippen molar-refractivity contribution in [1.29, 1.82) is 0 Å². The topological polar surface area (TPSA) is 0 Å². The second-order valence-electron chi connectivity index (χ2n) is 4.79. The lowest BCUT2D eigenvalue weighted by atomic mass is 9.65. The monoisotopic (exact) mass is 184 g/mol. The number of hydrogen-bond donors (Lipinski definition) is 1. The smallest absolute Gasteiger partial charge is 0.00172 e. The van der Waals surface area contributed by atoms with Crippen LogP contribution in [0.1, 0.15) is 57.8 Å². The predicted octanol–water partition coefficient (Wildman–Crippen LogP) is 3.81. The van der Waals surface area contributed by atoms with E-state index in [0.717, 1.165) is 10.7 Å². The van der Waals surface area contributed by atoms with Gasteiger partial charge in [-0.05, 0) is 43.9 Å². The first-order valence-corrected chi connectivity index (χ1v) is 6.01. The first-order valence-electron chi connectivity index (χ1n) is 5.49. The first-order chi connectivity index (χ1) is 5.81. The van der Waals surface area contributed by atoms with Gasteiger partial charge < -0.3 is 0 Å². The van der Waals surface area contributed by atoms with Crippen LogP contribution in [0.25, 0.3) is 0 Å². The summed E-state index contributed by atoms with van der Waals surface area (Å²) < 4.78 is 0. The summed E-state index contributed by atoms with van der Waals surface area (Å²) in [5.41, 5.74) is 0.789. The highest BCUT2D eigenvalue weighted by atomic mass is 32.1. The van der Waals surface area contributed by atoms with Gasteiger partial charge in [-0.1, -0.05) is 19.3 Å². The van der Waals surface area contributed by atoms with E-state index in [2.05, 4.69) is 12.6 Å². The maximum absolute atomic E-state index is 4.56. The Bertz CT molecular complexity index is 137. The van der Waals surface area contributed by atoms with Crippen molar-refractivity contribution in [2.75, 3.05) is 0 Å². The molecule has 1 spiro atoms. The zero-order valence-corrected chi connectivity index (χ0v) is 8.78. The third-order valence-electron chi connectivity index (χ3n) is 3.93. The minimum atomic E-state index is 0.720. The van der Waals surface area contributed by atoms with E-state index in [4.69, 9.17) is 0 Å². The Morgan fingerprint density at radius 1 is 0.833 bits per heavy atom. The quantitative estimate of drug-likeness (QED) is 0.544. The average Bonchev–Trinajstić information content (AvgIpc) is 2.13. The molecule has 2 rings (SSSR count). The van der Waals surface area contributed by atoms with Crippen LogP contribution in [0.15, 0.2) is 0 Å². The molecule has 0 atom stereocenters. The predicted molar refractivity (Wildman–Crippen MR) is 56.8 cm³/mol. The van der Waals surface area contributed by atoms with Crippen molar-refractivity contribution in [2.45, 2.75) is 63.0 Å². The van der Waals surface area contributed by atoms with E-state index in [1.807, 2.05) is 0 Å². The molecule has 1 heteroatoms. The largest absolute Gasteiger partial charge is 0.176 e. The summed E-state index contributed by atoms with van der Waals surface area (Å²) in [7, 11) is 0. The number of rotatable bonds is 0. The Kier molecular flexibility index (Phi) is 2.69. The van der Waals surface area contributed by atoms with Gasteiger partial charge in [0.15, 0.2) is 0 Å². The zero-order valence-electron chi connectivity index (χ0n) is 7.89. The van der Waals surface area contributed by atoms with Crippen molar-refractivity contribution in [3.8, 4) is 0 Å². The van der Waals surface area contributed by atoms with E-state index in [1.165, 1.54) is 57.8 Å². The molecular weight excluding hydrogens is 164 g/mol. The van der Waals surface area contributed by atoms with Gasteiger partial charge in [0, 0.05) is 5.25 Å². The van der Waals surface area contributed by atoms with Crippen LogP contribution in [-0.4, -0.2) is 5.25 Å². The second-order valence-corrected chi connectivity index (χ2v) is 5.52. The Hall–Kier alpha value is 0.350. The summed E-state index contributed by atoms with van der Waals surface area (Å²) in [6, 6.07) is 0. The molecule has 0 radical (unpaired) electrons. The Morgan fingerprint density at radius 2 is 1.42 bits per heavy atom. The van der Waals surface area contributed by atoms with Gasteiger partial charge in [-0.3, -0.25) is 0 Å². The summed E-state index contributed by atoms with van der Waals surface area (Å²) in [6.07, 6.45) is 13.2. The Balaban J connectivity index is 1.92. The van der Waals surface area contributed by atoms with Crippen molar-refractivity contribution < 1.29 is 0 Å². The molecule has 0 saturated heterocycles. The normalized spacial score (nSPS) is 30.8. The van der Waals surface area contributed by atoms with E-state index in [1.54, 1.807) is 0 Å². The second kappa shape index (κ2) is 3.61. The lowest BCUT2D eigenvalue weighted by Crippen LogP contribution is -2.29. The number of hydrogen-bond acceptors (Lipinski definition) is 1. The molecule has 12 heavy (non-hydrogen) atoms. The fraction of sp³-hybridized carbons (Fsp3) is 1.00. The molecule has 0 N–H and O–H groups in total. The molecule has 0 bridgehead atoms. The highest BCUT2D eigenvalue weighted by Gasteiger charge is 2.34. The molecule has 0 nitrogen and oxygen atoms in total. The summed E-state index contributed by atoms with van der Waals surface area (Å²) in [5.74, 6) is 0. The van der Waals surface area contributed by atoms with Crippen LogP contribution in [-0.2, 0) is 0 Å². The van der Waals surface area contributed by atoms with Crippen molar-refractivity contribution >= 4 is 12.6 Å². The Labute approximate surface area is 81.5 Å². The van der Waals surface area contributed by atoms with Crippen LogP contribution >= 0.6 is 12.6 Å². The van der Waals surface area contributed by atoms with Crippen molar-refractivity contribution in [3.05, 3.63) is 0 Å². The molecule has 0 unspecified atom stereocenters. The number of thiol groups is 1. The molecule has 2 aliphatic carbocycles. The van der Waals surface area contributed by atoms with Gasteiger partial charge in [-0.15, -0.1) is 0 Å². The molecule has 2 saturated carbocycles. The van der Waals surface area contributed by atoms with Crippen LogP contribution in [0, 0.1) is 5.41 Å². The minimum absolute atomic E-state index is 0.720. The van der Waals surface area contributed by atoms with E-state index < -0.39 is 0 Å². The lowest BCUT2D eigenvalue weighted by molar-refractivity contribution is 0.127. The van der Waals surface area contributed by atoms with Crippen LogP contribution in [0.3, 0.4) is 0 Å². The third kappa shape index (κ3) is 1.81. The van der Waals surface area contributed by atoms with E-state index in [9.17, 15) is 0 Å².